The zero-order valence-electron chi connectivity index (χ0n) is 20.7. The lowest BCUT2D eigenvalue weighted by Gasteiger charge is -2.33. The summed E-state index contributed by atoms with van der Waals surface area (Å²) in [6, 6.07) is 10.7. The molecule has 0 unspecified atom stereocenters. The average Bonchev–Trinajstić information content (AvgIpc) is 3.01. The second kappa shape index (κ2) is 11.4. The number of anilines is 3. The SMILES string of the molecule is CCC(=O)N(CC)CCCC1CCN(CC(=O)N2c3ccccc3C(=O)Nc3cccnc32)CC1. The number of piperidine rings is 1. The van der Waals surface area contributed by atoms with E-state index < -0.39 is 0 Å². The topological polar surface area (TPSA) is 85.9 Å². The third-order valence-electron chi connectivity index (χ3n) is 7.03. The maximum atomic E-state index is 13.6. The number of likely N-dealkylation sites (tertiary alicyclic amines) is 1. The van der Waals surface area contributed by atoms with Crippen molar-refractivity contribution in [2.24, 2.45) is 5.92 Å². The molecule has 1 N–H and O–H groups in total. The first kappa shape index (κ1) is 24.9. The van der Waals surface area contributed by atoms with Crippen LogP contribution in [0.5, 0.6) is 0 Å². The number of benzene rings is 1. The second-order valence-corrected chi connectivity index (χ2v) is 9.26. The van der Waals surface area contributed by atoms with Crippen LogP contribution in [0.3, 0.4) is 0 Å². The molecule has 186 valence electrons. The molecule has 0 aliphatic carbocycles. The zero-order chi connectivity index (χ0) is 24.8. The van der Waals surface area contributed by atoms with Gasteiger partial charge in [0.1, 0.15) is 0 Å². The third-order valence-corrected chi connectivity index (χ3v) is 7.03. The van der Waals surface area contributed by atoms with Crippen LogP contribution in [0, 0.1) is 5.92 Å². The van der Waals surface area contributed by atoms with Gasteiger partial charge >= 0.3 is 0 Å². The highest BCUT2D eigenvalue weighted by molar-refractivity contribution is 6.17. The number of para-hydroxylation sites is 1. The smallest absolute Gasteiger partial charge is 0.257 e. The second-order valence-electron chi connectivity index (χ2n) is 9.26. The van der Waals surface area contributed by atoms with Crippen LogP contribution in [0.25, 0.3) is 0 Å². The van der Waals surface area contributed by atoms with Crippen LogP contribution in [0.4, 0.5) is 17.2 Å². The number of rotatable bonds is 8. The summed E-state index contributed by atoms with van der Waals surface area (Å²) < 4.78 is 0. The number of aromatic nitrogens is 1. The molecule has 3 amide bonds. The van der Waals surface area contributed by atoms with Gasteiger partial charge in [0.05, 0.1) is 23.5 Å². The minimum absolute atomic E-state index is 0.0935. The standard InChI is InChI=1S/C27H35N5O3/c1-3-24(33)31(4-2)16-8-9-20-13-17-30(18-14-20)19-25(34)32-23-12-6-5-10-21(23)27(35)29-22-11-7-15-28-26(22)32/h5-7,10-12,15,20H,3-4,8-9,13-14,16-19H2,1-2H3,(H,29,35). The lowest BCUT2D eigenvalue weighted by molar-refractivity contribution is -0.130. The van der Waals surface area contributed by atoms with E-state index >= 15 is 0 Å². The zero-order valence-corrected chi connectivity index (χ0v) is 20.7. The van der Waals surface area contributed by atoms with Crippen molar-refractivity contribution in [2.45, 2.75) is 46.0 Å². The maximum Gasteiger partial charge on any atom is 0.257 e. The van der Waals surface area contributed by atoms with E-state index in [2.05, 4.69) is 15.2 Å². The number of hydrogen-bond donors (Lipinski definition) is 1. The number of pyridine rings is 1. The molecule has 35 heavy (non-hydrogen) atoms. The van der Waals surface area contributed by atoms with Crippen LogP contribution in [-0.2, 0) is 9.59 Å². The molecule has 1 aromatic carbocycles. The average molecular weight is 478 g/mol. The van der Waals surface area contributed by atoms with Crippen molar-refractivity contribution in [3.63, 3.8) is 0 Å². The Balaban J connectivity index is 1.37. The molecule has 3 heterocycles. The molecule has 2 aliphatic rings. The molecule has 0 radical (unpaired) electrons. The minimum Gasteiger partial charge on any atom is -0.343 e. The van der Waals surface area contributed by atoms with Gasteiger partial charge in [-0.1, -0.05) is 19.1 Å². The molecule has 0 bridgehead atoms. The minimum atomic E-state index is -0.242. The van der Waals surface area contributed by atoms with Crippen molar-refractivity contribution in [1.29, 1.82) is 0 Å². The van der Waals surface area contributed by atoms with Crippen LogP contribution in [-0.4, -0.2) is 65.2 Å². The lowest BCUT2D eigenvalue weighted by Crippen LogP contribution is -2.42. The molecule has 0 atom stereocenters. The fourth-order valence-corrected chi connectivity index (χ4v) is 5.04. The van der Waals surface area contributed by atoms with Crippen molar-refractivity contribution >= 4 is 34.9 Å². The van der Waals surface area contributed by atoms with Gasteiger partial charge in [0.25, 0.3) is 5.91 Å². The van der Waals surface area contributed by atoms with Gasteiger partial charge in [-0.15, -0.1) is 0 Å². The van der Waals surface area contributed by atoms with Gasteiger partial charge in [0.15, 0.2) is 5.82 Å². The molecule has 4 rings (SSSR count). The number of carbonyl (C=O) groups excluding carboxylic acids is 3. The summed E-state index contributed by atoms with van der Waals surface area (Å²) in [4.78, 5) is 48.4. The Kier molecular flexibility index (Phi) is 8.13. The van der Waals surface area contributed by atoms with E-state index in [-0.39, 0.29) is 24.3 Å². The number of carbonyl (C=O) groups is 3. The van der Waals surface area contributed by atoms with Gasteiger partial charge in [-0.3, -0.25) is 24.2 Å². The Morgan fingerprint density at radius 2 is 1.89 bits per heavy atom. The molecule has 2 aliphatic heterocycles. The predicted octanol–water partition coefficient (Wildman–Crippen LogP) is 4.06. The van der Waals surface area contributed by atoms with Crippen LogP contribution in [0.2, 0.25) is 0 Å². The van der Waals surface area contributed by atoms with Crippen molar-refractivity contribution < 1.29 is 14.4 Å². The van der Waals surface area contributed by atoms with Gasteiger partial charge in [-0.25, -0.2) is 4.98 Å². The highest BCUT2D eigenvalue weighted by Crippen LogP contribution is 2.36. The Bertz CT molecular complexity index is 1060. The van der Waals surface area contributed by atoms with Crippen LogP contribution in [0.15, 0.2) is 42.6 Å². The quantitative estimate of drug-likeness (QED) is 0.620. The molecule has 1 saturated heterocycles. The van der Waals surface area contributed by atoms with Gasteiger partial charge in [-0.2, -0.15) is 0 Å². The molecular weight excluding hydrogens is 442 g/mol. The number of hydrogen-bond acceptors (Lipinski definition) is 5. The van der Waals surface area contributed by atoms with Crippen LogP contribution < -0.4 is 10.2 Å². The first-order chi connectivity index (χ1) is 17.0. The first-order valence-electron chi connectivity index (χ1n) is 12.7. The Hall–Kier alpha value is -3.26. The van der Waals surface area contributed by atoms with Crippen molar-refractivity contribution in [3.8, 4) is 0 Å². The largest absolute Gasteiger partial charge is 0.343 e. The van der Waals surface area contributed by atoms with Crippen molar-refractivity contribution in [1.82, 2.24) is 14.8 Å². The molecule has 0 saturated carbocycles. The summed E-state index contributed by atoms with van der Waals surface area (Å²) in [5.41, 5.74) is 1.55. The Morgan fingerprint density at radius 3 is 2.63 bits per heavy atom. The Labute approximate surface area is 207 Å². The molecule has 8 nitrogen and oxygen atoms in total. The highest BCUT2D eigenvalue weighted by atomic mass is 16.2. The monoisotopic (exact) mass is 477 g/mol. The van der Waals surface area contributed by atoms with Crippen molar-refractivity contribution in [3.05, 3.63) is 48.2 Å². The molecule has 2 aromatic rings. The maximum absolute atomic E-state index is 13.6. The van der Waals surface area contributed by atoms with E-state index in [0.29, 0.717) is 35.1 Å². The number of nitrogens with one attached hydrogen (secondary N) is 1. The van der Waals surface area contributed by atoms with Crippen LogP contribution >= 0.6 is 0 Å². The highest BCUT2D eigenvalue weighted by Gasteiger charge is 2.31. The van der Waals surface area contributed by atoms with Gasteiger partial charge in [0, 0.05) is 25.7 Å². The van der Waals surface area contributed by atoms with Gasteiger partial charge < -0.3 is 10.2 Å². The summed E-state index contributed by atoms with van der Waals surface area (Å²) in [6.07, 6.45) is 6.43. The first-order valence-corrected chi connectivity index (χ1v) is 12.7. The van der Waals surface area contributed by atoms with Gasteiger partial charge in [0.2, 0.25) is 11.8 Å². The van der Waals surface area contributed by atoms with Gasteiger partial charge in [-0.05, 0) is 75.9 Å². The fourth-order valence-electron chi connectivity index (χ4n) is 5.04. The van der Waals surface area contributed by atoms with Crippen molar-refractivity contribution in [2.75, 3.05) is 42.9 Å². The molecule has 1 aromatic heterocycles. The molecule has 0 spiro atoms. The van der Waals surface area contributed by atoms with E-state index in [1.807, 2.05) is 24.8 Å². The van der Waals surface area contributed by atoms with E-state index in [1.54, 1.807) is 41.4 Å². The van der Waals surface area contributed by atoms with E-state index in [9.17, 15) is 14.4 Å². The summed E-state index contributed by atoms with van der Waals surface area (Å²) >= 11 is 0. The molecular formula is C27H35N5O3. The predicted molar refractivity (Wildman–Crippen MR) is 137 cm³/mol. The van der Waals surface area contributed by atoms with E-state index in [1.165, 1.54) is 0 Å². The fraction of sp³-hybridized carbons (Fsp3) is 0.481. The molecule has 1 fully saturated rings. The number of nitrogens with zero attached hydrogens (tertiary/aromatic N) is 4. The lowest BCUT2D eigenvalue weighted by atomic mass is 9.92. The molecule has 8 heteroatoms. The number of fused-ring (bicyclic) bond motifs is 2. The summed E-state index contributed by atoms with van der Waals surface area (Å²) in [5, 5.41) is 2.88. The summed E-state index contributed by atoms with van der Waals surface area (Å²) in [7, 11) is 0. The summed E-state index contributed by atoms with van der Waals surface area (Å²) in [5.74, 6) is 0.967. The van der Waals surface area contributed by atoms with E-state index in [0.717, 1.165) is 51.9 Å². The van der Waals surface area contributed by atoms with Crippen LogP contribution in [0.1, 0.15) is 56.3 Å². The third kappa shape index (κ3) is 5.70. The normalized spacial score (nSPS) is 16.2. The number of amides is 3. The van der Waals surface area contributed by atoms with E-state index in [4.69, 9.17) is 0 Å². The summed E-state index contributed by atoms with van der Waals surface area (Å²) in [6.45, 7) is 7.55. The Morgan fingerprint density at radius 1 is 1.11 bits per heavy atom.